The molecule has 120 valence electrons. The van der Waals surface area contributed by atoms with Gasteiger partial charge in [-0.1, -0.05) is 42.5 Å². The second kappa shape index (κ2) is 7.42. The predicted molar refractivity (Wildman–Crippen MR) is 96.4 cm³/mol. The third-order valence-corrected chi connectivity index (χ3v) is 3.75. The predicted octanol–water partition coefficient (Wildman–Crippen LogP) is 3.54. The van der Waals surface area contributed by atoms with E-state index in [2.05, 4.69) is 10.5 Å². The molecule has 0 aromatic heterocycles. The first-order chi connectivity index (χ1) is 11.8. The van der Waals surface area contributed by atoms with E-state index in [0.717, 1.165) is 27.6 Å². The van der Waals surface area contributed by atoms with Crippen LogP contribution in [0.4, 0.5) is 0 Å². The monoisotopic (exact) mass is 318 g/mol. The highest BCUT2D eigenvalue weighted by atomic mass is 16.5. The Kier molecular flexibility index (Phi) is 4.87. The van der Waals surface area contributed by atoms with Crippen LogP contribution >= 0.6 is 0 Å². The first kappa shape index (κ1) is 15.7. The molecule has 24 heavy (non-hydrogen) atoms. The Morgan fingerprint density at radius 1 is 1.04 bits per heavy atom. The van der Waals surface area contributed by atoms with Crippen LogP contribution in [-0.2, 0) is 11.2 Å². The molecule has 3 aromatic rings. The van der Waals surface area contributed by atoms with Crippen molar-refractivity contribution in [1.29, 1.82) is 0 Å². The first-order valence-corrected chi connectivity index (χ1v) is 7.69. The van der Waals surface area contributed by atoms with Gasteiger partial charge in [-0.25, -0.2) is 5.43 Å². The highest BCUT2D eigenvalue weighted by Gasteiger charge is 2.05. The van der Waals surface area contributed by atoms with Crippen molar-refractivity contribution < 1.29 is 9.53 Å². The van der Waals surface area contributed by atoms with E-state index in [4.69, 9.17) is 4.74 Å². The molecule has 0 aliphatic rings. The summed E-state index contributed by atoms with van der Waals surface area (Å²) in [6.45, 7) is 0. The van der Waals surface area contributed by atoms with E-state index >= 15 is 0 Å². The zero-order valence-corrected chi connectivity index (χ0v) is 13.4. The Balaban J connectivity index is 1.63. The van der Waals surface area contributed by atoms with Crippen LogP contribution in [0.25, 0.3) is 10.8 Å². The normalized spacial score (nSPS) is 10.9. The van der Waals surface area contributed by atoms with Crippen molar-refractivity contribution in [2.24, 2.45) is 5.10 Å². The molecule has 3 aromatic carbocycles. The van der Waals surface area contributed by atoms with Crippen LogP contribution in [0.5, 0.6) is 5.75 Å². The lowest BCUT2D eigenvalue weighted by Crippen LogP contribution is -2.19. The number of amides is 1. The van der Waals surface area contributed by atoms with Gasteiger partial charge in [-0.05, 0) is 46.2 Å². The lowest BCUT2D eigenvalue weighted by atomic mass is 10.0. The van der Waals surface area contributed by atoms with Crippen LogP contribution < -0.4 is 10.2 Å². The molecular weight excluding hydrogens is 300 g/mol. The van der Waals surface area contributed by atoms with Gasteiger partial charge in [0.15, 0.2) is 0 Å². The molecule has 4 nitrogen and oxygen atoms in total. The molecular formula is C20H18N2O2. The van der Waals surface area contributed by atoms with E-state index in [1.807, 2.05) is 66.7 Å². The number of hydrogen-bond donors (Lipinski definition) is 1. The van der Waals surface area contributed by atoms with Crippen LogP contribution in [0, 0.1) is 0 Å². The highest BCUT2D eigenvalue weighted by molar-refractivity contribution is 5.90. The van der Waals surface area contributed by atoms with Gasteiger partial charge in [0.1, 0.15) is 5.75 Å². The minimum absolute atomic E-state index is 0.142. The summed E-state index contributed by atoms with van der Waals surface area (Å²) in [6, 6.07) is 21.4. The Hall–Kier alpha value is -3.14. The maximum Gasteiger partial charge on any atom is 0.244 e. The Bertz CT molecular complexity index is 865. The van der Waals surface area contributed by atoms with Gasteiger partial charge in [0.2, 0.25) is 5.91 Å². The van der Waals surface area contributed by atoms with Gasteiger partial charge in [-0.2, -0.15) is 5.10 Å². The summed E-state index contributed by atoms with van der Waals surface area (Å²) in [4.78, 5) is 12.1. The summed E-state index contributed by atoms with van der Waals surface area (Å²) in [5, 5.41) is 6.23. The highest BCUT2D eigenvalue weighted by Crippen LogP contribution is 2.18. The largest absolute Gasteiger partial charge is 0.497 e. The van der Waals surface area contributed by atoms with Gasteiger partial charge in [0, 0.05) is 0 Å². The molecule has 1 N–H and O–H groups in total. The van der Waals surface area contributed by atoms with Gasteiger partial charge in [-0.3, -0.25) is 4.79 Å². The van der Waals surface area contributed by atoms with Crippen LogP contribution in [0.1, 0.15) is 11.1 Å². The van der Waals surface area contributed by atoms with E-state index in [9.17, 15) is 4.79 Å². The SMILES string of the molecule is COc1ccc(C=NNC(=O)Cc2cccc3ccccc23)cc1. The fraction of sp³-hybridized carbons (Fsp3) is 0.100. The molecule has 0 radical (unpaired) electrons. The van der Waals surface area contributed by atoms with E-state index < -0.39 is 0 Å². The summed E-state index contributed by atoms with van der Waals surface area (Å²) in [5.74, 6) is 0.642. The maximum atomic E-state index is 12.1. The molecule has 0 saturated heterocycles. The van der Waals surface area contributed by atoms with E-state index in [-0.39, 0.29) is 5.91 Å². The second-order valence-corrected chi connectivity index (χ2v) is 5.38. The number of nitrogens with one attached hydrogen (secondary N) is 1. The summed E-state index contributed by atoms with van der Waals surface area (Å²) in [5.41, 5.74) is 4.45. The topological polar surface area (TPSA) is 50.7 Å². The molecule has 0 saturated carbocycles. The average Bonchev–Trinajstić information content (AvgIpc) is 2.63. The van der Waals surface area contributed by atoms with Gasteiger partial charge < -0.3 is 4.74 Å². The molecule has 0 aliphatic carbocycles. The Labute approximate surface area is 140 Å². The number of methoxy groups -OCH3 is 1. The molecule has 0 atom stereocenters. The standard InChI is InChI=1S/C20H18N2O2/c1-24-18-11-9-15(10-12-18)14-21-22-20(23)13-17-7-4-6-16-5-2-3-8-19(16)17/h2-12,14H,13H2,1H3,(H,22,23). The van der Waals surface area contributed by atoms with Crippen LogP contribution in [0.3, 0.4) is 0 Å². The summed E-state index contributed by atoms with van der Waals surface area (Å²) in [7, 11) is 1.62. The molecule has 1 amide bonds. The van der Waals surface area contributed by atoms with Crippen LogP contribution in [0.15, 0.2) is 71.8 Å². The van der Waals surface area contributed by atoms with Crippen LogP contribution in [-0.4, -0.2) is 19.2 Å². The number of hydrazone groups is 1. The molecule has 0 spiro atoms. The fourth-order valence-electron chi connectivity index (χ4n) is 2.53. The number of fused-ring (bicyclic) bond motifs is 1. The van der Waals surface area contributed by atoms with Crippen molar-refractivity contribution >= 4 is 22.9 Å². The minimum Gasteiger partial charge on any atom is -0.497 e. The number of ether oxygens (including phenoxy) is 1. The molecule has 0 aliphatic heterocycles. The smallest absolute Gasteiger partial charge is 0.244 e. The van der Waals surface area contributed by atoms with Gasteiger partial charge in [0.05, 0.1) is 19.7 Å². The van der Waals surface area contributed by atoms with Crippen molar-refractivity contribution in [2.45, 2.75) is 6.42 Å². The van der Waals surface area contributed by atoms with Crippen LogP contribution in [0.2, 0.25) is 0 Å². The van der Waals surface area contributed by atoms with E-state index in [1.54, 1.807) is 13.3 Å². The molecule has 0 bridgehead atoms. The zero-order chi connectivity index (χ0) is 16.8. The molecule has 4 heteroatoms. The summed E-state index contributed by atoms with van der Waals surface area (Å²) in [6.07, 6.45) is 1.90. The number of carbonyl (C=O) groups excluding carboxylic acids is 1. The lowest BCUT2D eigenvalue weighted by Gasteiger charge is -2.05. The number of benzene rings is 3. The Morgan fingerprint density at radius 2 is 1.79 bits per heavy atom. The van der Waals surface area contributed by atoms with Crippen molar-refractivity contribution in [3.8, 4) is 5.75 Å². The van der Waals surface area contributed by atoms with E-state index in [0.29, 0.717) is 6.42 Å². The van der Waals surface area contributed by atoms with Crippen molar-refractivity contribution in [3.63, 3.8) is 0 Å². The number of carbonyl (C=O) groups is 1. The number of hydrogen-bond acceptors (Lipinski definition) is 3. The van der Waals surface area contributed by atoms with Gasteiger partial charge >= 0.3 is 0 Å². The molecule has 3 rings (SSSR count). The lowest BCUT2D eigenvalue weighted by molar-refractivity contribution is -0.120. The fourth-order valence-corrected chi connectivity index (χ4v) is 2.53. The van der Waals surface area contributed by atoms with Crippen molar-refractivity contribution in [2.75, 3.05) is 7.11 Å². The van der Waals surface area contributed by atoms with Gasteiger partial charge in [0.25, 0.3) is 0 Å². The Morgan fingerprint density at radius 3 is 2.58 bits per heavy atom. The third kappa shape index (κ3) is 3.79. The first-order valence-electron chi connectivity index (χ1n) is 7.69. The quantitative estimate of drug-likeness (QED) is 0.578. The molecule has 0 unspecified atom stereocenters. The summed E-state index contributed by atoms with van der Waals surface area (Å²) >= 11 is 0. The maximum absolute atomic E-state index is 12.1. The van der Waals surface area contributed by atoms with Crippen molar-refractivity contribution in [3.05, 3.63) is 77.9 Å². The summed E-state index contributed by atoms with van der Waals surface area (Å²) < 4.78 is 5.10. The minimum atomic E-state index is -0.142. The average molecular weight is 318 g/mol. The van der Waals surface area contributed by atoms with E-state index in [1.165, 1.54) is 0 Å². The number of rotatable bonds is 5. The zero-order valence-electron chi connectivity index (χ0n) is 13.4. The number of nitrogens with zero attached hydrogens (tertiary/aromatic N) is 1. The van der Waals surface area contributed by atoms with Gasteiger partial charge in [-0.15, -0.1) is 0 Å². The second-order valence-electron chi connectivity index (χ2n) is 5.38. The molecule has 0 fully saturated rings. The molecule has 0 heterocycles. The van der Waals surface area contributed by atoms with Crippen molar-refractivity contribution in [1.82, 2.24) is 5.43 Å². The third-order valence-electron chi connectivity index (χ3n) is 3.75.